The van der Waals surface area contributed by atoms with Gasteiger partial charge in [0, 0.05) is 23.1 Å². The zero-order valence-corrected chi connectivity index (χ0v) is 22.8. The molecule has 3 aromatic rings. The topological polar surface area (TPSA) is 169 Å². The van der Waals surface area contributed by atoms with Gasteiger partial charge < -0.3 is 35.1 Å². The lowest BCUT2D eigenvalue weighted by Crippen LogP contribution is -2.63. The molecule has 1 saturated carbocycles. The van der Waals surface area contributed by atoms with E-state index in [2.05, 4.69) is 9.89 Å². The highest BCUT2D eigenvalue weighted by Gasteiger charge is 2.65. The highest BCUT2D eigenvalue weighted by molar-refractivity contribution is 6.26. The highest BCUT2D eigenvalue weighted by Crippen LogP contribution is 2.57. The first kappa shape index (κ1) is 28.6. The number of Topliss-reactive ketones (excluding diaryl/α,β-unsaturated/α-hetero) is 2. The molecule has 1 fully saturated rings. The molecule has 2 aromatic carbocycles. The monoisotopic (exact) mass is 601 g/mol. The number of aromatic hydroxyl groups is 1. The molecule has 14 heteroatoms. The lowest BCUT2D eigenvalue weighted by molar-refractivity contribution is -0.275. The van der Waals surface area contributed by atoms with E-state index in [0.29, 0.717) is 0 Å². The summed E-state index contributed by atoms with van der Waals surface area (Å²) >= 11 is 0. The maximum Gasteiger partial charge on any atom is 0.573 e. The molecule has 3 aliphatic rings. The molecule has 4 atom stereocenters. The molecule has 0 bridgehead atoms. The third kappa shape index (κ3) is 4.31. The average Bonchev–Trinajstić information content (AvgIpc) is 3.35. The molecule has 0 saturated heterocycles. The zero-order valence-electron chi connectivity index (χ0n) is 22.8. The number of ether oxygens (including phenoxy) is 2. The van der Waals surface area contributed by atoms with Crippen molar-refractivity contribution in [2.75, 3.05) is 19.8 Å². The van der Waals surface area contributed by atoms with Crippen LogP contribution in [0.5, 0.6) is 17.4 Å². The molecule has 11 nitrogen and oxygen atoms in total. The number of carbonyl (C=O) groups is 2. The van der Waals surface area contributed by atoms with Gasteiger partial charge in [-0.1, -0.05) is 30.3 Å². The lowest BCUT2D eigenvalue weighted by Gasteiger charge is -2.49. The smallest absolute Gasteiger partial charge is 0.507 e. The third-order valence-electron chi connectivity index (χ3n) is 8.32. The van der Waals surface area contributed by atoms with Crippen LogP contribution in [0.2, 0.25) is 0 Å². The minimum absolute atomic E-state index is 0.00333. The number of hydrogen-bond acceptors (Lipinski definition) is 11. The van der Waals surface area contributed by atoms with Crippen LogP contribution in [0.15, 0.2) is 46.5 Å². The minimum atomic E-state index is -5.12. The van der Waals surface area contributed by atoms with E-state index in [-0.39, 0.29) is 42.2 Å². The van der Waals surface area contributed by atoms with E-state index in [0.717, 1.165) is 11.6 Å². The van der Waals surface area contributed by atoms with Crippen LogP contribution >= 0.6 is 0 Å². The molecular formula is C29H26F3N3O8. The molecule has 1 heterocycles. The van der Waals surface area contributed by atoms with Gasteiger partial charge in [-0.3, -0.25) is 14.5 Å². The Labute approximate surface area is 241 Å². The predicted octanol–water partition coefficient (Wildman–Crippen LogP) is 3.70. The quantitative estimate of drug-likeness (QED) is 0.191. The standard InChI is InChI=1S/C29H26F3N3O8/c1-35(2)21-15-9-13-8-14-17(42-29(30,31)32)10-16(33)22(36)19(14)23(37)18(13)25(38)28(15,40)26(39)20-24(21)43-34-27(20)41-11-12-6-4-3-5-7-12/h3-7,10,13,15,21,36-37,40H,8-9,11,33H2,1-2H3/t13-,15-,21-,28-/m0/s1. The number of anilines is 1. The number of phenols is 1. The van der Waals surface area contributed by atoms with Gasteiger partial charge in [0.15, 0.2) is 11.4 Å². The van der Waals surface area contributed by atoms with E-state index in [1.165, 1.54) is 0 Å². The molecule has 1 aromatic heterocycles. The number of carbonyl (C=O) groups excluding carboxylic acids is 2. The van der Waals surface area contributed by atoms with Crippen LogP contribution in [0.4, 0.5) is 18.9 Å². The average molecular weight is 602 g/mol. The van der Waals surface area contributed by atoms with Crippen LogP contribution in [0.3, 0.4) is 0 Å². The molecule has 0 spiro atoms. The summed E-state index contributed by atoms with van der Waals surface area (Å²) < 4.78 is 55.1. The number of nitrogens with two attached hydrogens (primary N) is 1. The van der Waals surface area contributed by atoms with Gasteiger partial charge in [0.25, 0.3) is 5.88 Å². The number of halogens is 3. The van der Waals surface area contributed by atoms with Crippen LogP contribution in [0.25, 0.3) is 5.76 Å². The Balaban J connectivity index is 1.47. The second-order valence-electron chi connectivity index (χ2n) is 11.1. The fraction of sp³-hybridized carbons (Fsp3) is 0.345. The Morgan fingerprint density at radius 3 is 2.49 bits per heavy atom. The summed E-state index contributed by atoms with van der Waals surface area (Å²) in [6.07, 6.45) is -5.55. The number of rotatable bonds is 5. The van der Waals surface area contributed by atoms with Gasteiger partial charge in [-0.05, 0) is 43.6 Å². The van der Waals surface area contributed by atoms with E-state index in [1.807, 2.05) is 6.07 Å². The second kappa shape index (κ2) is 9.74. The van der Waals surface area contributed by atoms with Gasteiger partial charge in [0.1, 0.15) is 29.4 Å². The molecule has 0 aliphatic heterocycles. The zero-order chi connectivity index (χ0) is 31.0. The number of nitrogens with zero attached hydrogens (tertiary/aromatic N) is 2. The maximum absolute atomic E-state index is 14.1. The summed E-state index contributed by atoms with van der Waals surface area (Å²) in [6.45, 7) is 0.00333. The van der Waals surface area contributed by atoms with Gasteiger partial charge in [-0.25, -0.2) is 0 Å². The summed E-state index contributed by atoms with van der Waals surface area (Å²) in [5, 5.41) is 37.8. The van der Waals surface area contributed by atoms with Crippen molar-refractivity contribution in [2.45, 2.75) is 37.5 Å². The van der Waals surface area contributed by atoms with Crippen molar-refractivity contribution in [3.63, 3.8) is 0 Å². The number of hydrogen-bond donors (Lipinski definition) is 4. The Kier molecular flexibility index (Phi) is 6.47. The molecule has 0 unspecified atom stereocenters. The first-order valence-corrected chi connectivity index (χ1v) is 13.2. The second-order valence-corrected chi connectivity index (χ2v) is 11.1. The summed E-state index contributed by atoms with van der Waals surface area (Å²) in [7, 11) is 3.27. The SMILES string of the molecule is CN(C)[C@@H]1c2onc(OCc3ccccc3)c2C(=O)[C@@]2(O)C(=O)C3=C(O)c4c(O)c(N)cc(OC(F)(F)F)c4C[C@H]3C[C@@H]12. The Morgan fingerprint density at radius 1 is 1.14 bits per heavy atom. The number of phenolic OH excluding ortho intramolecular Hbond substituents is 1. The van der Waals surface area contributed by atoms with E-state index >= 15 is 0 Å². The first-order chi connectivity index (χ1) is 20.2. The van der Waals surface area contributed by atoms with Crippen molar-refractivity contribution in [3.8, 4) is 17.4 Å². The van der Waals surface area contributed by atoms with E-state index in [4.69, 9.17) is 15.0 Å². The van der Waals surface area contributed by atoms with Gasteiger partial charge in [-0.2, -0.15) is 0 Å². The molecule has 0 amide bonds. The fourth-order valence-electron chi connectivity index (χ4n) is 6.52. The highest BCUT2D eigenvalue weighted by atomic mass is 19.4. The van der Waals surface area contributed by atoms with Crippen LogP contribution in [-0.4, -0.2) is 63.0 Å². The van der Waals surface area contributed by atoms with Crippen LogP contribution < -0.4 is 15.2 Å². The van der Waals surface area contributed by atoms with Gasteiger partial charge in [0.05, 0.1) is 17.3 Å². The molecular weight excluding hydrogens is 575 g/mol. The maximum atomic E-state index is 14.1. The van der Waals surface area contributed by atoms with Crippen LogP contribution in [-0.2, 0) is 17.8 Å². The van der Waals surface area contributed by atoms with Gasteiger partial charge in [0.2, 0.25) is 11.6 Å². The molecule has 43 heavy (non-hydrogen) atoms. The van der Waals surface area contributed by atoms with Crippen molar-refractivity contribution < 1.29 is 52.1 Å². The Morgan fingerprint density at radius 2 is 1.84 bits per heavy atom. The lowest BCUT2D eigenvalue weighted by atomic mass is 9.57. The summed E-state index contributed by atoms with van der Waals surface area (Å²) in [5.74, 6) is -6.92. The van der Waals surface area contributed by atoms with Crippen molar-refractivity contribution in [1.29, 1.82) is 0 Å². The molecule has 0 radical (unpaired) electrons. The molecule has 5 N–H and O–H groups in total. The number of aromatic nitrogens is 1. The number of fused-ring (bicyclic) bond motifs is 4. The predicted molar refractivity (Wildman–Crippen MR) is 142 cm³/mol. The Bertz CT molecular complexity index is 1680. The number of ketones is 2. The Hall–Kier alpha value is -4.56. The van der Waals surface area contributed by atoms with Crippen molar-refractivity contribution in [2.24, 2.45) is 11.8 Å². The normalized spacial score (nSPS) is 24.8. The number of nitrogen functional groups attached to an aromatic ring is 1. The summed E-state index contributed by atoms with van der Waals surface area (Å²) in [4.78, 5) is 29.8. The van der Waals surface area contributed by atoms with E-state index < -0.39 is 75.5 Å². The number of alkyl halides is 3. The minimum Gasteiger partial charge on any atom is -0.507 e. The van der Waals surface area contributed by atoms with E-state index in [9.17, 15) is 38.1 Å². The third-order valence-corrected chi connectivity index (χ3v) is 8.32. The number of aliphatic hydroxyl groups is 2. The van der Waals surface area contributed by atoms with E-state index in [1.54, 1.807) is 43.3 Å². The molecule has 226 valence electrons. The van der Waals surface area contributed by atoms with Crippen molar-refractivity contribution in [3.05, 3.63) is 70.0 Å². The van der Waals surface area contributed by atoms with Gasteiger partial charge >= 0.3 is 6.36 Å². The number of aliphatic hydroxyl groups excluding tert-OH is 1. The van der Waals surface area contributed by atoms with Crippen molar-refractivity contribution >= 4 is 23.0 Å². The fourth-order valence-corrected chi connectivity index (χ4v) is 6.52. The summed E-state index contributed by atoms with van der Waals surface area (Å²) in [5.41, 5.74) is 1.78. The van der Waals surface area contributed by atoms with Crippen LogP contribution in [0, 0.1) is 11.8 Å². The largest absolute Gasteiger partial charge is 0.573 e. The number of benzene rings is 2. The van der Waals surface area contributed by atoms with Crippen LogP contribution in [0.1, 0.15) is 45.3 Å². The summed E-state index contributed by atoms with van der Waals surface area (Å²) in [6, 6.07) is 8.87. The molecule has 6 rings (SSSR count). The first-order valence-electron chi connectivity index (χ1n) is 13.2. The molecule has 3 aliphatic carbocycles. The van der Waals surface area contributed by atoms with Gasteiger partial charge in [-0.15, -0.1) is 13.2 Å². The van der Waals surface area contributed by atoms with Crippen molar-refractivity contribution in [1.82, 2.24) is 10.1 Å².